The maximum Gasteiger partial charge on any atom is 0.314 e. The third kappa shape index (κ3) is 4.46. The van der Waals surface area contributed by atoms with Crippen molar-refractivity contribution in [1.82, 2.24) is 16.0 Å². The lowest BCUT2D eigenvalue weighted by molar-refractivity contribution is 0.230. The fourth-order valence-corrected chi connectivity index (χ4v) is 1.14. The average Bonchev–Trinajstić information content (AvgIpc) is 1.96. The van der Waals surface area contributed by atoms with Crippen LogP contribution in [-0.2, 0) is 0 Å². The van der Waals surface area contributed by atoms with Crippen LogP contribution in [0.15, 0.2) is 0 Å². The highest BCUT2D eigenvalue weighted by molar-refractivity contribution is 5.73. The Labute approximate surface area is 85.8 Å². The van der Waals surface area contributed by atoms with Gasteiger partial charge in [0.1, 0.15) is 0 Å². The third-order valence-corrected chi connectivity index (χ3v) is 2.20. The molecule has 0 atom stereocenters. The zero-order valence-corrected chi connectivity index (χ0v) is 9.31. The number of carbonyl (C=O) groups is 1. The summed E-state index contributed by atoms with van der Waals surface area (Å²) in [5.74, 6) is 0.621. The Kier molecular flexibility index (Phi) is 3.75. The van der Waals surface area contributed by atoms with Crippen molar-refractivity contribution in [2.45, 2.75) is 20.8 Å². The third-order valence-electron chi connectivity index (χ3n) is 2.20. The molecule has 4 heteroatoms. The summed E-state index contributed by atoms with van der Waals surface area (Å²) in [7, 11) is 0. The molecule has 0 aromatic heterocycles. The molecule has 14 heavy (non-hydrogen) atoms. The van der Waals surface area contributed by atoms with Crippen molar-refractivity contribution in [2.24, 2.45) is 11.3 Å². The van der Waals surface area contributed by atoms with E-state index >= 15 is 0 Å². The zero-order chi connectivity index (χ0) is 10.6. The first-order valence-corrected chi connectivity index (χ1v) is 5.20. The fraction of sp³-hybridized carbons (Fsp3) is 0.900. The summed E-state index contributed by atoms with van der Waals surface area (Å²) < 4.78 is 0. The Bertz CT molecular complexity index is 194. The van der Waals surface area contributed by atoms with Gasteiger partial charge in [0.25, 0.3) is 0 Å². The van der Waals surface area contributed by atoms with E-state index in [2.05, 4.69) is 36.7 Å². The summed E-state index contributed by atoms with van der Waals surface area (Å²) in [4.78, 5) is 11.3. The second kappa shape index (κ2) is 4.64. The standard InChI is InChI=1S/C10H21N3O/c1-10(2,3)7-13-9(14)12-6-8-4-11-5-8/h8,11H,4-7H2,1-3H3,(H2,12,13,14). The average molecular weight is 199 g/mol. The molecule has 0 bridgehead atoms. The van der Waals surface area contributed by atoms with Crippen molar-refractivity contribution in [2.75, 3.05) is 26.2 Å². The molecule has 0 unspecified atom stereocenters. The van der Waals surface area contributed by atoms with E-state index in [9.17, 15) is 4.79 Å². The van der Waals surface area contributed by atoms with E-state index in [1.54, 1.807) is 0 Å². The molecule has 2 amide bonds. The van der Waals surface area contributed by atoms with E-state index < -0.39 is 0 Å². The molecule has 0 radical (unpaired) electrons. The van der Waals surface area contributed by atoms with Gasteiger partial charge in [-0.2, -0.15) is 0 Å². The Hall–Kier alpha value is -0.770. The molecule has 1 heterocycles. The molecule has 1 rings (SSSR count). The Morgan fingerprint density at radius 1 is 1.36 bits per heavy atom. The van der Waals surface area contributed by atoms with Crippen molar-refractivity contribution >= 4 is 6.03 Å². The summed E-state index contributed by atoms with van der Waals surface area (Å²) in [5, 5.41) is 8.89. The summed E-state index contributed by atoms with van der Waals surface area (Å²) >= 11 is 0. The van der Waals surface area contributed by atoms with Crippen molar-refractivity contribution in [3.63, 3.8) is 0 Å². The van der Waals surface area contributed by atoms with E-state index in [1.165, 1.54) is 0 Å². The number of rotatable bonds is 3. The van der Waals surface area contributed by atoms with Gasteiger partial charge in [0, 0.05) is 32.1 Å². The van der Waals surface area contributed by atoms with E-state index in [-0.39, 0.29) is 11.4 Å². The lowest BCUT2D eigenvalue weighted by Crippen LogP contribution is -2.50. The first kappa shape index (κ1) is 11.3. The molecule has 1 aliphatic rings. The summed E-state index contributed by atoms with van der Waals surface area (Å²) in [6, 6.07) is -0.0492. The van der Waals surface area contributed by atoms with Crippen LogP contribution in [0.5, 0.6) is 0 Å². The van der Waals surface area contributed by atoms with E-state index in [4.69, 9.17) is 0 Å². The highest BCUT2D eigenvalue weighted by atomic mass is 16.2. The van der Waals surface area contributed by atoms with E-state index in [1.807, 2.05) is 0 Å². The van der Waals surface area contributed by atoms with Crippen LogP contribution in [0.25, 0.3) is 0 Å². The van der Waals surface area contributed by atoms with E-state index in [0.717, 1.165) is 19.6 Å². The van der Waals surface area contributed by atoms with Crippen molar-refractivity contribution in [3.05, 3.63) is 0 Å². The maximum atomic E-state index is 11.3. The van der Waals surface area contributed by atoms with Gasteiger partial charge in [-0.05, 0) is 5.41 Å². The minimum Gasteiger partial charge on any atom is -0.338 e. The molecule has 1 fully saturated rings. The van der Waals surface area contributed by atoms with Crippen LogP contribution >= 0.6 is 0 Å². The quantitative estimate of drug-likeness (QED) is 0.622. The van der Waals surface area contributed by atoms with E-state index in [0.29, 0.717) is 12.5 Å². The summed E-state index contributed by atoms with van der Waals surface area (Å²) in [6.07, 6.45) is 0. The summed E-state index contributed by atoms with van der Waals surface area (Å²) in [5.41, 5.74) is 0.148. The zero-order valence-electron chi connectivity index (χ0n) is 9.31. The van der Waals surface area contributed by atoms with Crippen LogP contribution in [0.2, 0.25) is 0 Å². The normalized spacial score (nSPS) is 17.4. The number of amides is 2. The second-order valence-electron chi connectivity index (χ2n) is 5.15. The van der Waals surface area contributed by atoms with Crippen molar-refractivity contribution in [3.8, 4) is 0 Å². The lowest BCUT2D eigenvalue weighted by atomic mass is 9.97. The van der Waals surface area contributed by atoms with Crippen LogP contribution in [0.4, 0.5) is 4.79 Å². The Morgan fingerprint density at radius 2 is 2.00 bits per heavy atom. The molecule has 3 N–H and O–H groups in total. The van der Waals surface area contributed by atoms with Gasteiger partial charge < -0.3 is 16.0 Å². The predicted octanol–water partition coefficient (Wildman–Crippen LogP) is 0.551. The van der Waals surface area contributed by atoms with Crippen LogP contribution in [0.1, 0.15) is 20.8 Å². The maximum absolute atomic E-state index is 11.3. The van der Waals surface area contributed by atoms with Gasteiger partial charge in [-0.15, -0.1) is 0 Å². The van der Waals surface area contributed by atoms with Crippen molar-refractivity contribution < 1.29 is 4.79 Å². The Balaban J connectivity index is 2.03. The molecule has 0 spiro atoms. The molecular formula is C10H21N3O. The minimum atomic E-state index is -0.0492. The topological polar surface area (TPSA) is 53.2 Å². The number of hydrogen-bond donors (Lipinski definition) is 3. The molecule has 0 aromatic carbocycles. The van der Waals surface area contributed by atoms with Crippen molar-refractivity contribution in [1.29, 1.82) is 0 Å². The number of hydrogen-bond acceptors (Lipinski definition) is 2. The molecule has 0 aromatic rings. The van der Waals surface area contributed by atoms with Gasteiger partial charge >= 0.3 is 6.03 Å². The highest BCUT2D eigenvalue weighted by Gasteiger charge is 2.17. The van der Waals surface area contributed by atoms with Gasteiger partial charge in [0.05, 0.1) is 0 Å². The highest BCUT2D eigenvalue weighted by Crippen LogP contribution is 2.09. The Morgan fingerprint density at radius 3 is 2.43 bits per heavy atom. The van der Waals surface area contributed by atoms with Crippen LogP contribution < -0.4 is 16.0 Å². The summed E-state index contributed by atoms with van der Waals surface area (Å²) in [6.45, 7) is 9.85. The molecular weight excluding hydrogens is 178 g/mol. The first-order chi connectivity index (χ1) is 6.47. The molecule has 0 saturated carbocycles. The monoisotopic (exact) mass is 199 g/mol. The van der Waals surface area contributed by atoms with Gasteiger partial charge in [-0.3, -0.25) is 0 Å². The molecule has 1 saturated heterocycles. The minimum absolute atomic E-state index is 0.0492. The van der Waals surface area contributed by atoms with Crippen LogP contribution in [0.3, 0.4) is 0 Å². The number of carbonyl (C=O) groups excluding carboxylic acids is 1. The van der Waals surface area contributed by atoms with Gasteiger partial charge in [0.15, 0.2) is 0 Å². The number of nitrogens with one attached hydrogen (secondary N) is 3. The molecule has 1 aliphatic heterocycles. The number of urea groups is 1. The van der Waals surface area contributed by atoms with Gasteiger partial charge in [0.2, 0.25) is 0 Å². The first-order valence-electron chi connectivity index (χ1n) is 5.20. The molecule has 0 aliphatic carbocycles. The molecule has 4 nitrogen and oxygen atoms in total. The van der Waals surface area contributed by atoms with Crippen LogP contribution in [-0.4, -0.2) is 32.2 Å². The lowest BCUT2D eigenvalue weighted by Gasteiger charge is -2.27. The van der Waals surface area contributed by atoms with Gasteiger partial charge in [-0.25, -0.2) is 4.79 Å². The largest absolute Gasteiger partial charge is 0.338 e. The molecule has 82 valence electrons. The predicted molar refractivity (Wildman–Crippen MR) is 57.2 cm³/mol. The smallest absolute Gasteiger partial charge is 0.314 e. The van der Waals surface area contributed by atoms with Gasteiger partial charge in [-0.1, -0.05) is 20.8 Å². The fourth-order valence-electron chi connectivity index (χ4n) is 1.14. The second-order valence-corrected chi connectivity index (χ2v) is 5.15. The van der Waals surface area contributed by atoms with Crippen LogP contribution in [0, 0.1) is 11.3 Å². The SMILES string of the molecule is CC(C)(C)CNC(=O)NCC1CNC1.